The number of nitrogens with zero attached hydrogens (tertiary/aromatic N) is 4. The monoisotopic (exact) mass is 236 g/mol. The predicted molar refractivity (Wildman–Crippen MR) is 69.3 cm³/mol. The van der Waals surface area contributed by atoms with E-state index in [0.29, 0.717) is 0 Å². The molecule has 0 aliphatic heterocycles. The Morgan fingerprint density at radius 2 is 1.61 bits per heavy atom. The third kappa shape index (κ3) is 1.78. The van der Waals surface area contributed by atoms with Crippen molar-refractivity contribution in [3.8, 4) is 16.8 Å². The third-order valence-electron chi connectivity index (χ3n) is 2.84. The lowest BCUT2D eigenvalue weighted by molar-refractivity contribution is 0.780. The molecule has 0 aliphatic carbocycles. The van der Waals surface area contributed by atoms with E-state index in [1.54, 1.807) is 4.68 Å². The number of hydrogen-bond acceptors (Lipinski definition) is 3. The molecule has 0 N–H and O–H groups in total. The largest absolute Gasteiger partial charge is 0.197 e. The number of para-hydroxylation sites is 1. The Balaban J connectivity index is 2.21. The van der Waals surface area contributed by atoms with Crippen LogP contribution < -0.4 is 0 Å². The lowest BCUT2D eigenvalue weighted by Crippen LogP contribution is -2.01. The molecule has 4 heteroatoms. The molecule has 2 aromatic carbocycles. The van der Waals surface area contributed by atoms with Crippen molar-refractivity contribution < 1.29 is 0 Å². The molecule has 1 aromatic heterocycles. The fourth-order valence-corrected chi connectivity index (χ4v) is 1.97. The quantitative estimate of drug-likeness (QED) is 0.687. The van der Waals surface area contributed by atoms with Crippen LogP contribution in [0.4, 0.5) is 0 Å². The first-order chi connectivity index (χ1) is 8.86. The minimum atomic E-state index is 0.776. The molecule has 0 fully saturated rings. The Morgan fingerprint density at radius 1 is 0.889 bits per heavy atom. The zero-order valence-corrected chi connectivity index (χ0v) is 9.99. The van der Waals surface area contributed by atoms with Crippen LogP contribution in [0.5, 0.6) is 0 Å². The van der Waals surface area contributed by atoms with Gasteiger partial charge < -0.3 is 0 Å². The fourth-order valence-electron chi connectivity index (χ4n) is 1.97. The van der Waals surface area contributed by atoms with Gasteiger partial charge in [0.1, 0.15) is 0 Å². The summed E-state index contributed by atoms with van der Waals surface area (Å²) < 4.78 is 1.75. The first-order valence-corrected chi connectivity index (χ1v) is 5.76. The predicted octanol–water partition coefficient (Wildman–Crippen LogP) is 2.64. The maximum atomic E-state index is 4.03. The Labute approximate surface area is 105 Å². The van der Waals surface area contributed by atoms with E-state index in [2.05, 4.69) is 33.7 Å². The molecule has 0 saturated carbocycles. The highest BCUT2D eigenvalue weighted by Crippen LogP contribution is 2.26. The van der Waals surface area contributed by atoms with Crippen molar-refractivity contribution in [1.29, 1.82) is 0 Å². The standard InChI is InChI=1S/C14H12N4/c1-11-15-16-17-18(11)14-10-6-5-9-13(14)12-7-3-2-4-8-12/h2-10H,1H3. The number of benzene rings is 2. The molecule has 0 aliphatic rings. The normalized spacial score (nSPS) is 10.5. The summed E-state index contributed by atoms with van der Waals surface area (Å²) in [5.74, 6) is 0.776. The van der Waals surface area contributed by atoms with Crippen LogP contribution in [0.25, 0.3) is 16.8 Å². The van der Waals surface area contributed by atoms with E-state index in [-0.39, 0.29) is 0 Å². The number of hydrogen-bond donors (Lipinski definition) is 0. The van der Waals surface area contributed by atoms with Crippen molar-refractivity contribution in [3.05, 3.63) is 60.4 Å². The summed E-state index contributed by atoms with van der Waals surface area (Å²) in [6.07, 6.45) is 0. The number of aromatic nitrogens is 4. The van der Waals surface area contributed by atoms with Gasteiger partial charge in [0, 0.05) is 5.56 Å². The molecule has 88 valence electrons. The minimum absolute atomic E-state index is 0.776. The molecule has 0 spiro atoms. The molecule has 3 rings (SSSR count). The number of tetrazole rings is 1. The second kappa shape index (κ2) is 4.41. The number of aryl methyl sites for hydroxylation is 1. The maximum absolute atomic E-state index is 4.03. The molecule has 4 nitrogen and oxygen atoms in total. The van der Waals surface area contributed by atoms with Gasteiger partial charge >= 0.3 is 0 Å². The van der Waals surface area contributed by atoms with E-state index in [1.807, 2.05) is 43.3 Å². The molecular formula is C14H12N4. The van der Waals surface area contributed by atoms with E-state index >= 15 is 0 Å². The van der Waals surface area contributed by atoms with Crippen molar-refractivity contribution in [1.82, 2.24) is 20.2 Å². The summed E-state index contributed by atoms with van der Waals surface area (Å²) in [6, 6.07) is 18.3. The van der Waals surface area contributed by atoms with Crippen LogP contribution in [0.15, 0.2) is 54.6 Å². The highest BCUT2D eigenvalue weighted by molar-refractivity contribution is 5.72. The zero-order valence-electron chi connectivity index (χ0n) is 9.99. The Morgan fingerprint density at radius 3 is 2.33 bits per heavy atom. The third-order valence-corrected chi connectivity index (χ3v) is 2.84. The van der Waals surface area contributed by atoms with Crippen LogP contribution in [0.1, 0.15) is 5.82 Å². The van der Waals surface area contributed by atoms with Gasteiger partial charge in [0.15, 0.2) is 5.82 Å². The van der Waals surface area contributed by atoms with Gasteiger partial charge in [0.05, 0.1) is 5.69 Å². The maximum Gasteiger partial charge on any atom is 0.153 e. The van der Waals surface area contributed by atoms with Gasteiger partial charge in [-0.25, -0.2) is 0 Å². The molecule has 1 heterocycles. The molecule has 0 radical (unpaired) electrons. The van der Waals surface area contributed by atoms with Crippen LogP contribution in [0.3, 0.4) is 0 Å². The molecule has 3 aromatic rings. The SMILES string of the molecule is Cc1nnnn1-c1ccccc1-c1ccccc1. The van der Waals surface area contributed by atoms with Crippen molar-refractivity contribution in [2.24, 2.45) is 0 Å². The lowest BCUT2D eigenvalue weighted by atomic mass is 10.0. The summed E-state index contributed by atoms with van der Waals surface area (Å²) in [6.45, 7) is 1.89. The van der Waals surface area contributed by atoms with Crippen LogP contribution in [-0.2, 0) is 0 Å². The molecule has 0 amide bonds. The Hall–Kier alpha value is -2.49. The molecule has 0 atom stereocenters. The second-order valence-corrected chi connectivity index (χ2v) is 4.02. The molecule has 18 heavy (non-hydrogen) atoms. The van der Waals surface area contributed by atoms with Gasteiger partial charge in [-0.15, -0.1) is 5.10 Å². The van der Waals surface area contributed by atoms with E-state index in [9.17, 15) is 0 Å². The summed E-state index contributed by atoms with van der Waals surface area (Å²) in [5, 5.41) is 11.7. The topological polar surface area (TPSA) is 43.6 Å². The second-order valence-electron chi connectivity index (χ2n) is 4.02. The van der Waals surface area contributed by atoms with Crippen LogP contribution in [0.2, 0.25) is 0 Å². The van der Waals surface area contributed by atoms with Gasteiger partial charge in [-0.05, 0) is 29.0 Å². The van der Waals surface area contributed by atoms with E-state index in [1.165, 1.54) is 0 Å². The van der Waals surface area contributed by atoms with Crippen molar-refractivity contribution >= 4 is 0 Å². The molecule has 0 bridgehead atoms. The summed E-state index contributed by atoms with van der Waals surface area (Å²) in [7, 11) is 0. The molecule has 0 saturated heterocycles. The first kappa shape index (κ1) is 10.7. The van der Waals surface area contributed by atoms with Crippen molar-refractivity contribution in [2.45, 2.75) is 6.92 Å². The first-order valence-electron chi connectivity index (χ1n) is 5.76. The average Bonchev–Trinajstić information content (AvgIpc) is 2.86. The van der Waals surface area contributed by atoms with Gasteiger partial charge in [-0.3, -0.25) is 0 Å². The van der Waals surface area contributed by atoms with Crippen LogP contribution >= 0.6 is 0 Å². The van der Waals surface area contributed by atoms with Crippen LogP contribution in [-0.4, -0.2) is 20.2 Å². The fraction of sp³-hybridized carbons (Fsp3) is 0.0714. The Kier molecular flexibility index (Phi) is 2.61. The van der Waals surface area contributed by atoms with E-state index < -0.39 is 0 Å². The van der Waals surface area contributed by atoms with E-state index in [0.717, 1.165) is 22.6 Å². The highest BCUT2D eigenvalue weighted by atomic mass is 15.5. The summed E-state index contributed by atoms with van der Waals surface area (Å²) in [5.41, 5.74) is 3.27. The Bertz CT molecular complexity index is 658. The smallest absolute Gasteiger partial charge is 0.153 e. The van der Waals surface area contributed by atoms with Gasteiger partial charge in [0.25, 0.3) is 0 Å². The summed E-state index contributed by atoms with van der Waals surface area (Å²) in [4.78, 5) is 0. The van der Waals surface area contributed by atoms with Gasteiger partial charge in [0.2, 0.25) is 0 Å². The zero-order chi connectivity index (χ0) is 12.4. The molecule has 0 unspecified atom stereocenters. The summed E-state index contributed by atoms with van der Waals surface area (Å²) >= 11 is 0. The van der Waals surface area contributed by atoms with Crippen molar-refractivity contribution in [2.75, 3.05) is 0 Å². The van der Waals surface area contributed by atoms with Crippen molar-refractivity contribution in [3.63, 3.8) is 0 Å². The van der Waals surface area contributed by atoms with E-state index in [4.69, 9.17) is 0 Å². The lowest BCUT2D eigenvalue weighted by Gasteiger charge is -2.09. The highest BCUT2D eigenvalue weighted by Gasteiger charge is 2.09. The molecular weight excluding hydrogens is 224 g/mol. The average molecular weight is 236 g/mol. The minimum Gasteiger partial charge on any atom is -0.197 e. The van der Waals surface area contributed by atoms with Gasteiger partial charge in [-0.2, -0.15) is 4.68 Å². The number of rotatable bonds is 2. The van der Waals surface area contributed by atoms with Gasteiger partial charge in [-0.1, -0.05) is 48.5 Å². The van der Waals surface area contributed by atoms with Crippen LogP contribution in [0, 0.1) is 6.92 Å².